The number of nitrogens with zero attached hydrogens (tertiary/aromatic N) is 2. The summed E-state index contributed by atoms with van der Waals surface area (Å²) in [6.07, 6.45) is 0. The van der Waals surface area contributed by atoms with Crippen molar-refractivity contribution >= 4 is 23.2 Å². The SMILES string of the molecule is Cc1ccc(N2CCN(C(=O)c3ccccc3Cl)CC2)c(C)c1. The summed E-state index contributed by atoms with van der Waals surface area (Å²) in [4.78, 5) is 16.8. The van der Waals surface area contributed by atoms with Crippen LogP contribution >= 0.6 is 11.6 Å². The van der Waals surface area contributed by atoms with Crippen molar-refractivity contribution in [1.82, 2.24) is 4.90 Å². The van der Waals surface area contributed by atoms with Gasteiger partial charge >= 0.3 is 0 Å². The molecule has 4 heteroatoms. The normalized spacial score (nSPS) is 14.9. The highest BCUT2D eigenvalue weighted by molar-refractivity contribution is 6.33. The summed E-state index contributed by atoms with van der Waals surface area (Å²) in [7, 11) is 0. The number of anilines is 1. The van der Waals surface area contributed by atoms with E-state index in [1.165, 1.54) is 16.8 Å². The predicted octanol–water partition coefficient (Wildman–Crippen LogP) is 3.92. The molecule has 1 aliphatic rings. The van der Waals surface area contributed by atoms with Crippen molar-refractivity contribution in [3.8, 4) is 0 Å². The summed E-state index contributed by atoms with van der Waals surface area (Å²) in [5.74, 6) is 0.0240. The number of piperazine rings is 1. The molecule has 1 saturated heterocycles. The first kappa shape index (κ1) is 15.9. The van der Waals surface area contributed by atoms with E-state index in [-0.39, 0.29) is 5.91 Å². The van der Waals surface area contributed by atoms with Crippen molar-refractivity contribution in [1.29, 1.82) is 0 Å². The highest BCUT2D eigenvalue weighted by Crippen LogP contribution is 2.24. The van der Waals surface area contributed by atoms with Gasteiger partial charge in [-0.1, -0.05) is 41.4 Å². The van der Waals surface area contributed by atoms with Crippen LogP contribution in [0.1, 0.15) is 21.5 Å². The fraction of sp³-hybridized carbons (Fsp3) is 0.316. The molecule has 0 atom stereocenters. The Morgan fingerprint density at radius 2 is 1.70 bits per heavy atom. The molecular weight excluding hydrogens is 308 g/mol. The fourth-order valence-electron chi connectivity index (χ4n) is 3.12. The Morgan fingerprint density at radius 1 is 1.00 bits per heavy atom. The van der Waals surface area contributed by atoms with Gasteiger partial charge in [0.05, 0.1) is 10.6 Å². The van der Waals surface area contributed by atoms with Crippen LogP contribution in [0.5, 0.6) is 0 Å². The lowest BCUT2D eigenvalue weighted by Crippen LogP contribution is -2.49. The van der Waals surface area contributed by atoms with Gasteiger partial charge in [-0.25, -0.2) is 0 Å². The average molecular weight is 329 g/mol. The summed E-state index contributed by atoms with van der Waals surface area (Å²) in [6.45, 7) is 7.38. The van der Waals surface area contributed by atoms with Gasteiger partial charge in [0, 0.05) is 31.9 Å². The molecule has 120 valence electrons. The van der Waals surface area contributed by atoms with Crippen LogP contribution in [-0.4, -0.2) is 37.0 Å². The minimum atomic E-state index is 0.0240. The number of carbonyl (C=O) groups excluding carboxylic acids is 1. The van der Waals surface area contributed by atoms with E-state index in [0.717, 1.165) is 26.2 Å². The van der Waals surface area contributed by atoms with Gasteiger partial charge < -0.3 is 9.80 Å². The fourth-order valence-corrected chi connectivity index (χ4v) is 3.33. The molecule has 0 N–H and O–H groups in total. The number of benzene rings is 2. The Balaban J connectivity index is 1.69. The molecule has 1 heterocycles. The molecule has 1 fully saturated rings. The van der Waals surface area contributed by atoms with Crippen LogP contribution in [0.4, 0.5) is 5.69 Å². The van der Waals surface area contributed by atoms with Gasteiger partial charge in [-0.15, -0.1) is 0 Å². The van der Waals surface area contributed by atoms with Gasteiger partial charge in [-0.3, -0.25) is 4.79 Å². The number of halogens is 1. The van der Waals surface area contributed by atoms with E-state index in [9.17, 15) is 4.79 Å². The van der Waals surface area contributed by atoms with Gasteiger partial charge in [0.1, 0.15) is 0 Å². The Bertz CT molecular complexity index is 721. The lowest BCUT2D eigenvalue weighted by molar-refractivity contribution is 0.0747. The molecule has 2 aromatic carbocycles. The second-order valence-electron chi connectivity index (χ2n) is 6.05. The maximum atomic E-state index is 12.6. The third-order valence-corrected chi connectivity index (χ3v) is 4.69. The van der Waals surface area contributed by atoms with Gasteiger partial charge in [0.25, 0.3) is 5.91 Å². The molecule has 0 spiro atoms. The Labute approximate surface area is 142 Å². The van der Waals surface area contributed by atoms with Crippen LogP contribution < -0.4 is 4.90 Å². The smallest absolute Gasteiger partial charge is 0.255 e. The van der Waals surface area contributed by atoms with Gasteiger partial charge in [0.2, 0.25) is 0 Å². The van der Waals surface area contributed by atoms with E-state index in [1.54, 1.807) is 12.1 Å². The van der Waals surface area contributed by atoms with E-state index in [1.807, 2.05) is 17.0 Å². The van der Waals surface area contributed by atoms with E-state index < -0.39 is 0 Å². The number of amides is 1. The van der Waals surface area contributed by atoms with E-state index >= 15 is 0 Å². The minimum absolute atomic E-state index is 0.0240. The van der Waals surface area contributed by atoms with E-state index in [0.29, 0.717) is 10.6 Å². The molecule has 3 nitrogen and oxygen atoms in total. The molecule has 0 aliphatic carbocycles. The second-order valence-corrected chi connectivity index (χ2v) is 6.46. The summed E-state index contributed by atoms with van der Waals surface area (Å²) < 4.78 is 0. The minimum Gasteiger partial charge on any atom is -0.368 e. The lowest BCUT2D eigenvalue weighted by atomic mass is 10.1. The number of aryl methyl sites for hydroxylation is 2. The van der Waals surface area contributed by atoms with Gasteiger partial charge in [0.15, 0.2) is 0 Å². The first-order valence-corrected chi connectivity index (χ1v) is 8.30. The first-order chi connectivity index (χ1) is 11.1. The maximum absolute atomic E-state index is 12.6. The van der Waals surface area contributed by atoms with Gasteiger partial charge in [-0.2, -0.15) is 0 Å². The summed E-state index contributed by atoms with van der Waals surface area (Å²) >= 11 is 6.14. The first-order valence-electron chi connectivity index (χ1n) is 7.92. The van der Waals surface area contributed by atoms with Crippen LogP contribution in [0.2, 0.25) is 5.02 Å². The Kier molecular flexibility index (Phi) is 4.58. The zero-order valence-electron chi connectivity index (χ0n) is 13.6. The number of hydrogen-bond donors (Lipinski definition) is 0. The molecular formula is C19H21ClN2O. The van der Waals surface area contributed by atoms with Crippen molar-refractivity contribution in [3.05, 3.63) is 64.2 Å². The molecule has 0 saturated carbocycles. The van der Waals surface area contributed by atoms with Crippen molar-refractivity contribution in [2.75, 3.05) is 31.1 Å². The van der Waals surface area contributed by atoms with Crippen molar-refractivity contribution in [2.24, 2.45) is 0 Å². The van der Waals surface area contributed by atoms with Crippen molar-refractivity contribution in [2.45, 2.75) is 13.8 Å². The number of hydrogen-bond acceptors (Lipinski definition) is 2. The van der Waals surface area contributed by atoms with Crippen molar-refractivity contribution in [3.63, 3.8) is 0 Å². The molecule has 2 aromatic rings. The average Bonchev–Trinajstić information content (AvgIpc) is 2.55. The monoisotopic (exact) mass is 328 g/mol. The Morgan fingerprint density at radius 3 is 2.35 bits per heavy atom. The summed E-state index contributed by atoms with van der Waals surface area (Å²) in [5, 5.41) is 0.523. The lowest BCUT2D eigenvalue weighted by Gasteiger charge is -2.37. The largest absolute Gasteiger partial charge is 0.368 e. The van der Waals surface area contributed by atoms with E-state index in [2.05, 4.69) is 36.9 Å². The van der Waals surface area contributed by atoms with E-state index in [4.69, 9.17) is 11.6 Å². The molecule has 0 aromatic heterocycles. The van der Waals surface area contributed by atoms with Gasteiger partial charge in [-0.05, 0) is 37.6 Å². The van der Waals surface area contributed by atoms with Crippen LogP contribution in [0.25, 0.3) is 0 Å². The standard InChI is InChI=1S/C19H21ClN2O/c1-14-7-8-18(15(2)13-14)21-9-11-22(12-10-21)19(23)16-5-3-4-6-17(16)20/h3-8,13H,9-12H2,1-2H3. The van der Waals surface area contributed by atoms with Crippen LogP contribution in [-0.2, 0) is 0 Å². The summed E-state index contributed by atoms with van der Waals surface area (Å²) in [5.41, 5.74) is 4.42. The summed E-state index contributed by atoms with van der Waals surface area (Å²) in [6, 6.07) is 13.8. The highest BCUT2D eigenvalue weighted by atomic mass is 35.5. The molecule has 1 amide bonds. The maximum Gasteiger partial charge on any atom is 0.255 e. The third-order valence-electron chi connectivity index (χ3n) is 4.36. The third kappa shape index (κ3) is 3.35. The number of carbonyl (C=O) groups is 1. The molecule has 3 rings (SSSR count). The molecule has 0 radical (unpaired) electrons. The van der Waals surface area contributed by atoms with Crippen molar-refractivity contribution < 1.29 is 4.79 Å². The van der Waals surface area contributed by atoms with Crippen LogP contribution in [0.15, 0.2) is 42.5 Å². The number of rotatable bonds is 2. The zero-order valence-corrected chi connectivity index (χ0v) is 14.3. The van der Waals surface area contributed by atoms with Crippen LogP contribution in [0, 0.1) is 13.8 Å². The molecule has 1 aliphatic heterocycles. The molecule has 23 heavy (non-hydrogen) atoms. The Hall–Kier alpha value is -2.00. The van der Waals surface area contributed by atoms with Crippen LogP contribution in [0.3, 0.4) is 0 Å². The quantitative estimate of drug-likeness (QED) is 0.834. The zero-order chi connectivity index (χ0) is 16.4. The topological polar surface area (TPSA) is 23.6 Å². The second kappa shape index (κ2) is 6.63. The molecule has 0 bridgehead atoms. The highest BCUT2D eigenvalue weighted by Gasteiger charge is 2.24. The predicted molar refractivity (Wildman–Crippen MR) is 95.5 cm³/mol. The molecule has 0 unspecified atom stereocenters.